The molecule has 0 amide bonds. The molecule has 0 rings (SSSR count). The molecule has 0 heterocycles. The molecular formula is C10H19NO5. The lowest BCUT2D eigenvalue weighted by Crippen LogP contribution is -2.35. The third kappa shape index (κ3) is 7.19. The molecule has 0 aliphatic rings. The van der Waals surface area contributed by atoms with E-state index in [1.807, 2.05) is 0 Å². The average molecular weight is 233 g/mol. The first-order valence-corrected chi connectivity index (χ1v) is 5.13. The largest absolute Gasteiger partial charge is 0.481 e. The Morgan fingerprint density at radius 1 is 1.31 bits per heavy atom. The minimum atomic E-state index is -0.884. The van der Waals surface area contributed by atoms with Gasteiger partial charge in [-0.2, -0.15) is 0 Å². The molecule has 0 saturated carbocycles. The Kier molecular flexibility index (Phi) is 7.49. The number of methoxy groups -OCH3 is 1. The SMILES string of the molecule is COCCN(CCC(=O)O)CC(C)C(=O)O. The molecule has 0 fully saturated rings. The maximum absolute atomic E-state index is 10.7. The predicted molar refractivity (Wildman–Crippen MR) is 57.4 cm³/mol. The minimum absolute atomic E-state index is 0.00997. The summed E-state index contributed by atoms with van der Waals surface area (Å²) in [4.78, 5) is 22.9. The Morgan fingerprint density at radius 3 is 2.38 bits per heavy atom. The van der Waals surface area contributed by atoms with Gasteiger partial charge in [-0.25, -0.2) is 0 Å². The van der Waals surface area contributed by atoms with E-state index < -0.39 is 17.9 Å². The fourth-order valence-electron chi connectivity index (χ4n) is 1.23. The van der Waals surface area contributed by atoms with Crippen molar-refractivity contribution in [1.29, 1.82) is 0 Å². The van der Waals surface area contributed by atoms with Crippen molar-refractivity contribution in [1.82, 2.24) is 4.90 Å². The lowest BCUT2D eigenvalue weighted by molar-refractivity contribution is -0.141. The minimum Gasteiger partial charge on any atom is -0.481 e. The first kappa shape index (κ1) is 14.9. The number of carbonyl (C=O) groups is 2. The first-order valence-electron chi connectivity index (χ1n) is 5.13. The maximum Gasteiger partial charge on any atom is 0.307 e. The highest BCUT2D eigenvalue weighted by molar-refractivity contribution is 5.69. The third-order valence-corrected chi connectivity index (χ3v) is 2.21. The van der Waals surface area contributed by atoms with Crippen molar-refractivity contribution in [2.75, 3.05) is 33.4 Å². The van der Waals surface area contributed by atoms with E-state index in [0.717, 1.165) is 0 Å². The van der Waals surface area contributed by atoms with Gasteiger partial charge >= 0.3 is 11.9 Å². The second-order valence-corrected chi connectivity index (χ2v) is 3.68. The fraction of sp³-hybridized carbons (Fsp3) is 0.800. The van der Waals surface area contributed by atoms with E-state index in [4.69, 9.17) is 14.9 Å². The molecular weight excluding hydrogens is 214 g/mol. The summed E-state index contributed by atoms with van der Waals surface area (Å²) in [6.07, 6.45) is 0.00997. The van der Waals surface area contributed by atoms with Gasteiger partial charge in [0.25, 0.3) is 0 Å². The van der Waals surface area contributed by atoms with Crippen molar-refractivity contribution in [3.8, 4) is 0 Å². The van der Waals surface area contributed by atoms with Crippen molar-refractivity contribution in [3.63, 3.8) is 0 Å². The Labute approximate surface area is 94.8 Å². The van der Waals surface area contributed by atoms with Crippen LogP contribution in [0.25, 0.3) is 0 Å². The lowest BCUT2D eigenvalue weighted by Gasteiger charge is -2.22. The highest BCUT2D eigenvalue weighted by Crippen LogP contribution is 2.01. The Morgan fingerprint density at radius 2 is 1.94 bits per heavy atom. The van der Waals surface area contributed by atoms with Gasteiger partial charge in [0.05, 0.1) is 18.9 Å². The Hall–Kier alpha value is -1.14. The molecule has 0 radical (unpaired) electrons. The molecule has 1 unspecified atom stereocenters. The average Bonchev–Trinajstić information content (AvgIpc) is 2.21. The number of hydrogen-bond donors (Lipinski definition) is 2. The molecule has 0 aliphatic carbocycles. The molecule has 0 saturated heterocycles. The number of nitrogens with zero attached hydrogens (tertiary/aromatic N) is 1. The van der Waals surface area contributed by atoms with Crippen LogP contribution in [0.4, 0.5) is 0 Å². The van der Waals surface area contributed by atoms with E-state index in [9.17, 15) is 9.59 Å². The molecule has 0 bridgehead atoms. The molecule has 16 heavy (non-hydrogen) atoms. The van der Waals surface area contributed by atoms with Crippen molar-refractivity contribution < 1.29 is 24.5 Å². The molecule has 0 aromatic heterocycles. The molecule has 0 aromatic carbocycles. The Bertz CT molecular complexity index is 231. The zero-order valence-electron chi connectivity index (χ0n) is 9.68. The molecule has 6 nitrogen and oxygen atoms in total. The van der Waals surface area contributed by atoms with Crippen LogP contribution in [-0.4, -0.2) is 60.4 Å². The first-order chi connectivity index (χ1) is 7.47. The maximum atomic E-state index is 10.7. The van der Waals surface area contributed by atoms with Crippen LogP contribution in [0.3, 0.4) is 0 Å². The quantitative estimate of drug-likeness (QED) is 0.588. The van der Waals surface area contributed by atoms with Gasteiger partial charge < -0.3 is 14.9 Å². The van der Waals surface area contributed by atoms with Gasteiger partial charge in [0.1, 0.15) is 0 Å². The molecule has 1 atom stereocenters. The van der Waals surface area contributed by atoms with Crippen LogP contribution in [0.1, 0.15) is 13.3 Å². The van der Waals surface area contributed by atoms with Crippen molar-refractivity contribution >= 4 is 11.9 Å². The van der Waals surface area contributed by atoms with Crippen LogP contribution in [-0.2, 0) is 14.3 Å². The van der Waals surface area contributed by atoms with Gasteiger partial charge in [0.15, 0.2) is 0 Å². The topological polar surface area (TPSA) is 87.1 Å². The zero-order chi connectivity index (χ0) is 12.6. The van der Waals surface area contributed by atoms with E-state index >= 15 is 0 Å². The molecule has 0 spiro atoms. The number of carboxylic acid groups (broad SMARTS) is 2. The van der Waals surface area contributed by atoms with Gasteiger partial charge in [-0.15, -0.1) is 0 Å². The van der Waals surface area contributed by atoms with Crippen LogP contribution in [0.15, 0.2) is 0 Å². The molecule has 2 N–H and O–H groups in total. The monoisotopic (exact) mass is 233 g/mol. The van der Waals surface area contributed by atoms with Crippen LogP contribution in [0, 0.1) is 5.92 Å². The van der Waals surface area contributed by atoms with Crippen LogP contribution >= 0.6 is 0 Å². The normalized spacial score (nSPS) is 12.7. The number of ether oxygens (including phenoxy) is 1. The number of hydrogen-bond acceptors (Lipinski definition) is 4. The number of aliphatic carboxylic acids is 2. The summed E-state index contributed by atoms with van der Waals surface area (Å²) in [5, 5.41) is 17.3. The van der Waals surface area contributed by atoms with Gasteiger partial charge in [-0.05, 0) is 0 Å². The fourth-order valence-corrected chi connectivity index (χ4v) is 1.23. The van der Waals surface area contributed by atoms with Gasteiger partial charge in [-0.1, -0.05) is 6.92 Å². The van der Waals surface area contributed by atoms with E-state index in [1.165, 1.54) is 0 Å². The smallest absolute Gasteiger partial charge is 0.307 e. The molecule has 94 valence electrons. The molecule has 6 heteroatoms. The lowest BCUT2D eigenvalue weighted by atomic mass is 10.1. The summed E-state index contributed by atoms with van der Waals surface area (Å²) < 4.78 is 4.88. The summed E-state index contributed by atoms with van der Waals surface area (Å²) in [5.74, 6) is -2.27. The number of carboxylic acids is 2. The van der Waals surface area contributed by atoms with Crippen molar-refractivity contribution in [2.45, 2.75) is 13.3 Å². The highest BCUT2D eigenvalue weighted by atomic mass is 16.5. The van der Waals surface area contributed by atoms with E-state index in [0.29, 0.717) is 26.2 Å². The van der Waals surface area contributed by atoms with E-state index in [1.54, 1.807) is 18.9 Å². The van der Waals surface area contributed by atoms with Crippen molar-refractivity contribution in [3.05, 3.63) is 0 Å². The van der Waals surface area contributed by atoms with Crippen molar-refractivity contribution in [2.24, 2.45) is 5.92 Å². The molecule has 0 aromatic rings. The second-order valence-electron chi connectivity index (χ2n) is 3.68. The Balaban J connectivity index is 4.08. The van der Waals surface area contributed by atoms with Gasteiger partial charge in [-0.3, -0.25) is 14.5 Å². The summed E-state index contributed by atoms with van der Waals surface area (Å²) in [6.45, 7) is 3.29. The van der Waals surface area contributed by atoms with Gasteiger partial charge in [0.2, 0.25) is 0 Å². The van der Waals surface area contributed by atoms with Crippen LogP contribution < -0.4 is 0 Å². The number of rotatable bonds is 9. The van der Waals surface area contributed by atoms with Gasteiger partial charge in [0, 0.05) is 26.7 Å². The van der Waals surface area contributed by atoms with E-state index in [-0.39, 0.29) is 6.42 Å². The summed E-state index contributed by atoms with van der Waals surface area (Å²) in [7, 11) is 1.55. The van der Waals surface area contributed by atoms with Crippen LogP contribution in [0.2, 0.25) is 0 Å². The summed E-state index contributed by atoms with van der Waals surface area (Å²) in [6, 6.07) is 0. The zero-order valence-corrected chi connectivity index (χ0v) is 9.68. The third-order valence-electron chi connectivity index (χ3n) is 2.21. The predicted octanol–water partition coefficient (Wildman–Crippen LogP) is 0.130. The standard InChI is InChI=1S/C10H19NO5/c1-8(10(14)15)7-11(5-6-16-2)4-3-9(12)13/h8H,3-7H2,1-2H3,(H,12,13)(H,14,15). The summed E-state index contributed by atoms with van der Waals surface area (Å²) in [5.41, 5.74) is 0. The molecule has 0 aliphatic heterocycles. The highest BCUT2D eigenvalue weighted by Gasteiger charge is 2.16. The van der Waals surface area contributed by atoms with Crippen LogP contribution in [0.5, 0.6) is 0 Å². The van der Waals surface area contributed by atoms with E-state index in [2.05, 4.69) is 0 Å². The second kappa shape index (κ2) is 8.06. The summed E-state index contributed by atoms with van der Waals surface area (Å²) >= 11 is 0.